The van der Waals surface area contributed by atoms with E-state index in [4.69, 9.17) is 4.74 Å². The zero-order valence-electron chi connectivity index (χ0n) is 17.3. The van der Waals surface area contributed by atoms with Gasteiger partial charge in [0.25, 0.3) is 11.6 Å². The molecule has 0 spiro atoms. The maximum atomic E-state index is 12.5. The summed E-state index contributed by atoms with van der Waals surface area (Å²) in [5, 5.41) is 18.3. The number of para-hydroxylation sites is 1. The Morgan fingerprint density at radius 1 is 1.03 bits per heavy atom. The van der Waals surface area contributed by atoms with Crippen LogP contribution in [0.4, 0.5) is 11.5 Å². The molecule has 1 heterocycles. The van der Waals surface area contributed by atoms with Crippen molar-refractivity contribution in [3.05, 3.63) is 101 Å². The molecule has 4 rings (SSSR count). The molecule has 4 aromatic rings. The van der Waals surface area contributed by atoms with Crippen molar-refractivity contribution in [3.8, 4) is 22.7 Å². The smallest absolute Gasteiger partial charge is 0.269 e. The number of nitrogens with one attached hydrogen (secondary N) is 1. The number of ether oxygens (including phenoxy) is 1. The third kappa shape index (κ3) is 4.81. The van der Waals surface area contributed by atoms with Crippen LogP contribution in [0.2, 0.25) is 0 Å². The molecule has 8 heteroatoms. The predicted molar refractivity (Wildman–Crippen MR) is 121 cm³/mol. The lowest BCUT2D eigenvalue weighted by Gasteiger charge is -2.09. The van der Waals surface area contributed by atoms with Crippen molar-refractivity contribution in [2.45, 2.75) is 6.92 Å². The van der Waals surface area contributed by atoms with Crippen molar-refractivity contribution in [2.24, 2.45) is 0 Å². The summed E-state index contributed by atoms with van der Waals surface area (Å²) in [6, 6.07) is 24.8. The second-order valence-corrected chi connectivity index (χ2v) is 7.12. The molecule has 3 aromatic carbocycles. The number of nitro benzene ring substituents is 1. The Bertz CT molecular complexity index is 1230. The summed E-state index contributed by atoms with van der Waals surface area (Å²) in [6.07, 6.45) is 0. The highest BCUT2D eigenvalue weighted by Gasteiger charge is 2.14. The summed E-state index contributed by atoms with van der Waals surface area (Å²) >= 11 is 0. The van der Waals surface area contributed by atoms with Crippen molar-refractivity contribution in [2.75, 3.05) is 11.9 Å². The number of hydrogen-bond acceptors (Lipinski definition) is 5. The van der Waals surface area contributed by atoms with Crippen LogP contribution in [0.5, 0.6) is 5.75 Å². The minimum Gasteiger partial charge on any atom is -0.484 e. The Morgan fingerprint density at radius 3 is 2.38 bits per heavy atom. The van der Waals surface area contributed by atoms with Crippen molar-refractivity contribution in [1.82, 2.24) is 9.78 Å². The van der Waals surface area contributed by atoms with E-state index in [1.165, 1.54) is 24.3 Å². The number of aromatic nitrogens is 2. The SMILES string of the molecule is Cc1ccc(-c2cc(NC(=O)COc3ccc([N+](=O)[O-])cc3)n(-c3ccccc3)n2)cc1. The summed E-state index contributed by atoms with van der Waals surface area (Å²) in [7, 11) is 0. The molecule has 8 nitrogen and oxygen atoms in total. The number of amides is 1. The molecule has 0 unspecified atom stereocenters. The molecule has 32 heavy (non-hydrogen) atoms. The highest BCUT2D eigenvalue weighted by Crippen LogP contribution is 2.25. The van der Waals surface area contributed by atoms with Crippen LogP contribution >= 0.6 is 0 Å². The Kier molecular flexibility index (Phi) is 5.94. The summed E-state index contributed by atoms with van der Waals surface area (Å²) in [5.74, 6) is 0.489. The van der Waals surface area contributed by atoms with Gasteiger partial charge in [0.05, 0.1) is 16.3 Å². The molecule has 0 fully saturated rings. The minimum atomic E-state index is -0.493. The Morgan fingerprint density at radius 2 is 1.72 bits per heavy atom. The number of hydrogen-bond donors (Lipinski definition) is 1. The molecule has 0 bridgehead atoms. The number of carbonyl (C=O) groups excluding carboxylic acids is 1. The third-order valence-corrected chi connectivity index (χ3v) is 4.74. The second kappa shape index (κ2) is 9.13. The molecule has 0 atom stereocenters. The largest absolute Gasteiger partial charge is 0.484 e. The first kappa shape index (κ1) is 20.8. The van der Waals surface area contributed by atoms with Crippen LogP contribution in [-0.2, 0) is 4.79 Å². The standard InChI is InChI=1S/C24H20N4O4/c1-17-7-9-18(10-8-17)22-15-23(27(26-22)19-5-3-2-4-6-19)25-24(29)16-32-21-13-11-20(12-14-21)28(30)31/h2-15H,16H2,1H3,(H,25,29). The van der Waals surface area contributed by atoms with E-state index < -0.39 is 4.92 Å². The molecule has 0 aliphatic heterocycles. The van der Waals surface area contributed by atoms with Crippen LogP contribution in [0.15, 0.2) is 84.9 Å². The topological polar surface area (TPSA) is 99.3 Å². The molecule has 1 N–H and O–H groups in total. The van der Waals surface area contributed by atoms with Gasteiger partial charge in [-0.15, -0.1) is 0 Å². The Labute approximate surface area is 184 Å². The second-order valence-electron chi connectivity index (χ2n) is 7.12. The summed E-state index contributed by atoms with van der Waals surface area (Å²) in [6.45, 7) is 1.76. The first-order valence-electron chi connectivity index (χ1n) is 9.89. The van der Waals surface area contributed by atoms with E-state index in [0.29, 0.717) is 11.6 Å². The number of benzene rings is 3. The predicted octanol–water partition coefficient (Wildman–Crippen LogP) is 4.77. The van der Waals surface area contributed by atoms with Crippen molar-refractivity contribution in [1.29, 1.82) is 0 Å². The number of aryl methyl sites for hydroxylation is 1. The molecule has 0 aliphatic carbocycles. The Hall–Kier alpha value is -4.46. The molecular weight excluding hydrogens is 408 g/mol. The van der Waals surface area contributed by atoms with Crippen molar-refractivity contribution >= 4 is 17.4 Å². The maximum absolute atomic E-state index is 12.5. The monoisotopic (exact) mass is 428 g/mol. The molecule has 1 aromatic heterocycles. The fourth-order valence-electron chi connectivity index (χ4n) is 3.09. The lowest BCUT2D eigenvalue weighted by atomic mass is 10.1. The molecule has 0 aliphatic rings. The van der Waals surface area contributed by atoms with Crippen molar-refractivity contribution in [3.63, 3.8) is 0 Å². The van der Waals surface area contributed by atoms with Gasteiger partial charge in [-0.2, -0.15) is 5.10 Å². The van der Waals surface area contributed by atoms with Gasteiger partial charge in [0.1, 0.15) is 11.6 Å². The lowest BCUT2D eigenvalue weighted by Crippen LogP contribution is -2.21. The Balaban J connectivity index is 1.53. The summed E-state index contributed by atoms with van der Waals surface area (Å²) in [4.78, 5) is 22.8. The van der Waals surface area contributed by atoms with E-state index in [2.05, 4.69) is 10.4 Å². The summed E-state index contributed by atoms with van der Waals surface area (Å²) < 4.78 is 7.13. The quantitative estimate of drug-likeness (QED) is 0.338. The molecule has 160 valence electrons. The van der Waals surface area contributed by atoms with Crippen LogP contribution in [0.1, 0.15) is 5.56 Å². The first-order chi connectivity index (χ1) is 15.5. The van der Waals surface area contributed by atoms with E-state index in [-0.39, 0.29) is 18.2 Å². The van der Waals surface area contributed by atoms with Crippen molar-refractivity contribution < 1.29 is 14.5 Å². The average molecular weight is 428 g/mol. The fourth-order valence-corrected chi connectivity index (χ4v) is 3.09. The number of nitro groups is 1. The van der Waals surface area contributed by atoms with Gasteiger partial charge in [-0.25, -0.2) is 4.68 Å². The molecule has 0 saturated heterocycles. The van der Waals surface area contributed by atoms with E-state index in [0.717, 1.165) is 22.5 Å². The van der Waals surface area contributed by atoms with Crippen LogP contribution in [0.25, 0.3) is 16.9 Å². The lowest BCUT2D eigenvalue weighted by molar-refractivity contribution is -0.384. The number of rotatable bonds is 7. The number of non-ortho nitro benzene ring substituents is 1. The van der Waals surface area contributed by atoms with Gasteiger partial charge in [-0.3, -0.25) is 14.9 Å². The molecular formula is C24H20N4O4. The van der Waals surface area contributed by atoms with Crippen LogP contribution in [0.3, 0.4) is 0 Å². The van der Waals surface area contributed by atoms with Gasteiger partial charge in [0.15, 0.2) is 6.61 Å². The highest BCUT2D eigenvalue weighted by molar-refractivity contribution is 5.92. The first-order valence-corrected chi connectivity index (χ1v) is 9.89. The molecule has 0 saturated carbocycles. The maximum Gasteiger partial charge on any atom is 0.269 e. The fraction of sp³-hybridized carbons (Fsp3) is 0.0833. The number of nitrogens with zero attached hydrogens (tertiary/aromatic N) is 3. The van der Waals surface area contributed by atoms with Gasteiger partial charge < -0.3 is 10.1 Å². The van der Waals surface area contributed by atoms with E-state index in [1.807, 2.05) is 61.5 Å². The van der Waals surface area contributed by atoms with Gasteiger partial charge in [-0.05, 0) is 31.2 Å². The van der Waals surface area contributed by atoms with Crippen LogP contribution < -0.4 is 10.1 Å². The highest BCUT2D eigenvalue weighted by atomic mass is 16.6. The zero-order valence-corrected chi connectivity index (χ0v) is 17.3. The third-order valence-electron chi connectivity index (χ3n) is 4.74. The van der Waals surface area contributed by atoms with Crippen LogP contribution in [0, 0.1) is 17.0 Å². The van der Waals surface area contributed by atoms with Crippen LogP contribution in [-0.4, -0.2) is 27.2 Å². The normalized spacial score (nSPS) is 10.5. The van der Waals surface area contributed by atoms with Gasteiger partial charge >= 0.3 is 0 Å². The van der Waals surface area contributed by atoms with E-state index >= 15 is 0 Å². The van der Waals surface area contributed by atoms with Gasteiger partial charge in [-0.1, -0.05) is 48.0 Å². The summed E-state index contributed by atoms with van der Waals surface area (Å²) in [5.41, 5.74) is 3.56. The van der Waals surface area contributed by atoms with Gasteiger partial charge in [0, 0.05) is 23.8 Å². The number of anilines is 1. The van der Waals surface area contributed by atoms with E-state index in [9.17, 15) is 14.9 Å². The zero-order chi connectivity index (χ0) is 22.5. The molecule has 1 amide bonds. The number of carbonyl (C=O) groups is 1. The average Bonchev–Trinajstić information content (AvgIpc) is 3.22. The minimum absolute atomic E-state index is 0.0443. The molecule has 0 radical (unpaired) electrons. The van der Waals surface area contributed by atoms with Gasteiger partial charge in [0.2, 0.25) is 0 Å². The van der Waals surface area contributed by atoms with E-state index in [1.54, 1.807) is 10.7 Å².